The van der Waals surface area contributed by atoms with E-state index in [1.54, 1.807) is 0 Å². The Kier molecular flexibility index (Phi) is 2.24. The van der Waals surface area contributed by atoms with E-state index < -0.39 is 0 Å². The van der Waals surface area contributed by atoms with Gasteiger partial charge < -0.3 is 4.90 Å². The highest BCUT2D eigenvalue weighted by Crippen LogP contribution is 2.29. The number of anilines is 1. The summed E-state index contributed by atoms with van der Waals surface area (Å²) in [7, 11) is 0. The molecule has 0 spiro atoms. The summed E-state index contributed by atoms with van der Waals surface area (Å²) in [6.07, 6.45) is 6.32. The molecule has 3 heterocycles. The van der Waals surface area contributed by atoms with Crippen molar-refractivity contribution < 1.29 is 0 Å². The molecular weight excluding hydrogens is 198 g/mol. The van der Waals surface area contributed by atoms with Crippen molar-refractivity contribution in [3.8, 4) is 0 Å². The molecular formula is C13H15N3. The average molecular weight is 213 g/mol. The van der Waals surface area contributed by atoms with Gasteiger partial charge in [-0.1, -0.05) is 0 Å². The van der Waals surface area contributed by atoms with Gasteiger partial charge in [0.15, 0.2) is 0 Å². The maximum absolute atomic E-state index is 4.41. The highest BCUT2D eigenvalue weighted by molar-refractivity contribution is 5.93. The highest BCUT2D eigenvalue weighted by atomic mass is 15.1. The summed E-state index contributed by atoms with van der Waals surface area (Å²) < 4.78 is 0. The van der Waals surface area contributed by atoms with Gasteiger partial charge in [0.1, 0.15) is 0 Å². The van der Waals surface area contributed by atoms with E-state index in [9.17, 15) is 0 Å². The Balaban J connectivity index is 2.23. The first-order valence-electron chi connectivity index (χ1n) is 5.81. The molecule has 3 rings (SSSR count). The molecule has 16 heavy (non-hydrogen) atoms. The van der Waals surface area contributed by atoms with Crippen LogP contribution in [0.25, 0.3) is 10.9 Å². The average Bonchev–Trinajstić information content (AvgIpc) is 2.82. The fourth-order valence-electron chi connectivity index (χ4n) is 2.47. The zero-order chi connectivity index (χ0) is 11.0. The number of hydrogen-bond donors (Lipinski definition) is 0. The summed E-state index contributed by atoms with van der Waals surface area (Å²) in [5.74, 6) is 0. The van der Waals surface area contributed by atoms with E-state index in [1.165, 1.54) is 23.9 Å². The summed E-state index contributed by atoms with van der Waals surface area (Å²) in [5, 5.41) is 1.21. The summed E-state index contributed by atoms with van der Waals surface area (Å²) in [6.45, 7) is 4.38. The van der Waals surface area contributed by atoms with Crippen LogP contribution >= 0.6 is 0 Å². The second-order valence-corrected chi connectivity index (χ2v) is 4.31. The molecule has 2 aromatic rings. The zero-order valence-electron chi connectivity index (χ0n) is 9.48. The second kappa shape index (κ2) is 3.74. The van der Waals surface area contributed by atoms with E-state index in [-0.39, 0.29) is 0 Å². The van der Waals surface area contributed by atoms with Gasteiger partial charge in [0.05, 0.1) is 5.52 Å². The Labute approximate surface area is 95.1 Å². The third-order valence-electron chi connectivity index (χ3n) is 3.27. The minimum Gasteiger partial charge on any atom is -0.371 e. The normalized spacial score (nSPS) is 15.9. The molecule has 0 amide bonds. The quantitative estimate of drug-likeness (QED) is 0.729. The number of pyridine rings is 2. The van der Waals surface area contributed by atoms with Crippen molar-refractivity contribution in [1.29, 1.82) is 0 Å². The van der Waals surface area contributed by atoms with E-state index in [0.29, 0.717) is 0 Å². The first-order valence-corrected chi connectivity index (χ1v) is 5.81. The molecule has 0 radical (unpaired) electrons. The monoisotopic (exact) mass is 213 g/mol. The van der Waals surface area contributed by atoms with Crippen LogP contribution in [0.2, 0.25) is 0 Å². The fourth-order valence-corrected chi connectivity index (χ4v) is 2.47. The zero-order valence-corrected chi connectivity index (χ0v) is 9.48. The molecule has 1 aliphatic heterocycles. The van der Waals surface area contributed by atoms with Crippen LogP contribution in [0.1, 0.15) is 18.5 Å². The molecule has 3 nitrogen and oxygen atoms in total. The van der Waals surface area contributed by atoms with Gasteiger partial charge in [-0.05, 0) is 31.9 Å². The predicted molar refractivity (Wildman–Crippen MR) is 65.7 cm³/mol. The Morgan fingerprint density at radius 3 is 2.62 bits per heavy atom. The van der Waals surface area contributed by atoms with Crippen molar-refractivity contribution in [2.24, 2.45) is 0 Å². The van der Waals surface area contributed by atoms with Gasteiger partial charge in [-0.25, -0.2) is 0 Å². The van der Waals surface area contributed by atoms with Crippen LogP contribution in [0, 0.1) is 6.92 Å². The Morgan fingerprint density at radius 1 is 1.06 bits per heavy atom. The molecule has 0 atom stereocenters. The van der Waals surface area contributed by atoms with E-state index in [4.69, 9.17) is 0 Å². The Morgan fingerprint density at radius 2 is 1.81 bits per heavy atom. The Hall–Kier alpha value is -1.64. The fraction of sp³-hybridized carbons (Fsp3) is 0.385. The molecule has 1 saturated heterocycles. The minimum absolute atomic E-state index is 1.05. The molecule has 1 fully saturated rings. The lowest BCUT2D eigenvalue weighted by Crippen LogP contribution is -2.18. The third-order valence-corrected chi connectivity index (χ3v) is 3.27. The number of nitrogens with zero attached hydrogens (tertiary/aromatic N) is 3. The van der Waals surface area contributed by atoms with E-state index in [1.807, 2.05) is 18.5 Å². The number of fused-ring (bicyclic) bond motifs is 1. The molecule has 2 aromatic heterocycles. The van der Waals surface area contributed by atoms with E-state index in [2.05, 4.69) is 27.9 Å². The van der Waals surface area contributed by atoms with E-state index in [0.717, 1.165) is 24.3 Å². The molecule has 82 valence electrons. The summed E-state index contributed by atoms with van der Waals surface area (Å²) >= 11 is 0. The molecule has 0 aliphatic carbocycles. The van der Waals surface area contributed by atoms with Crippen LogP contribution in [0.4, 0.5) is 5.69 Å². The van der Waals surface area contributed by atoms with Gasteiger partial charge in [-0.2, -0.15) is 0 Å². The maximum atomic E-state index is 4.41. The molecule has 0 saturated carbocycles. The van der Waals surface area contributed by atoms with Crippen molar-refractivity contribution in [2.45, 2.75) is 19.8 Å². The standard InChI is InChI=1S/C13H15N3/c1-10-13-11(4-6-14-10)15-7-5-12(13)16-8-2-3-9-16/h4-7H,2-3,8-9H2,1H3. The van der Waals surface area contributed by atoms with Gasteiger partial charge in [0, 0.05) is 42.3 Å². The maximum Gasteiger partial charge on any atom is 0.0756 e. The van der Waals surface area contributed by atoms with Gasteiger partial charge in [0.25, 0.3) is 0 Å². The topological polar surface area (TPSA) is 29.0 Å². The number of hydrogen-bond acceptors (Lipinski definition) is 3. The number of rotatable bonds is 1. The lowest BCUT2D eigenvalue weighted by molar-refractivity contribution is 0.949. The lowest BCUT2D eigenvalue weighted by Gasteiger charge is -2.19. The first kappa shape index (κ1) is 9.58. The summed E-state index contributed by atoms with van der Waals surface area (Å²) in [6, 6.07) is 4.10. The third kappa shape index (κ3) is 1.43. The van der Waals surface area contributed by atoms with Gasteiger partial charge in [-0.15, -0.1) is 0 Å². The van der Waals surface area contributed by atoms with Gasteiger partial charge in [0.2, 0.25) is 0 Å². The number of aromatic nitrogens is 2. The lowest BCUT2D eigenvalue weighted by atomic mass is 10.1. The van der Waals surface area contributed by atoms with Gasteiger partial charge >= 0.3 is 0 Å². The largest absolute Gasteiger partial charge is 0.371 e. The summed E-state index contributed by atoms with van der Waals surface area (Å²) in [4.78, 5) is 11.2. The second-order valence-electron chi connectivity index (χ2n) is 4.31. The minimum atomic E-state index is 1.05. The molecule has 0 aromatic carbocycles. The van der Waals surface area contributed by atoms with Crippen molar-refractivity contribution in [3.05, 3.63) is 30.2 Å². The van der Waals surface area contributed by atoms with Crippen molar-refractivity contribution >= 4 is 16.6 Å². The van der Waals surface area contributed by atoms with Gasteiger partial charge in [-0.3, -0.25) is 9.97 Å². The Bertz CT molecular complexity index is 510. The molecule has 1 aliphatic rings. The van der Waals surface area contributed by atoms with Crippen molar-refractivity contribution in [1.82, 2.24) is 9.97 Å². The van der Waals surface area contributed by atoms with Crippen LogP contribution in [0.3, 0.4) is 0 Å². The smallest absolute Gasteiger partial charge is 0.0756 e. The highest BCUT2D eigenvalue weighted by Gasteiger charge is 2.16. The van der Waals surface area contributed by atoms with E-state index >= 15 is 0 Å². The van der Waals surface area contributed by atoms with Crippen molar-refractivity contribution in [3.63, 3.8) is 0 Å². The van der Waals surface area contributed by atoms with Crippen LogP contribution in [0.5, 0.6) is 0 Å². The first-order chi connectivity index (χ1) is 7.86. The SMILES string of the molecule is Cc1nccc2nccc(N3CCCC3)c12. The van der Waals surface area contributed by atoms with Crippen LogP contribution in [-0.2, 0) is 0 Å². The molecule has 3 heteroatoms. The number of aryl methyl sites for hydroxylation is 1. The van der Waals surface area contributed by atoms with Crippen LogP contribution in [0.15, 0.2) is 24.5 Å². The molecule has 0 unspecified atom stereocenters. The van der Waals surface area contributed by atoms with Crippen LogP contribution in [-0.4, -0.2) is 23.1 Å². The molecule has 0 bridgehead atoms. The predicted octanol–water partition coefficient (Wildman–Crippen LogP) is 2.54. The van der Waals surface area contributed by atoms with Crippen LogP contribution < -0.4 is 4.90 Å². The van der Waals surface area contributed by atoms with Crippen molar-refractivity contribution in [2.75, 3.05) is 18.0 Å². The summed E-state index contributed by atoms with van der Waals surface area (Å²) in [5.41, 5.74) is 3.43. The molecule has 0 N–H and O–H groups in total.